The minimum atomic E-state index is -0.930. The Hall–Kier alpha value is -1.59. The molecule has 0 bridgehead atoms. The number of carbonyl (C=O) groups is 1. The zero-order valence-electron chi connectivity index (χ0n) is 10.3. The van der Waals surface area contributed by atoms with Crippen molar-refractivity contribution in [2.45, 2.75) is 19.8 Å². The number of halogens is 1. The SMILES string of the molecule is CCCc1nc(Nc2cccc(Cl)c2)sc1C(=O)O. The number of nitrogens with one attached hydrogen (secondary N) is 1. The molecule has 1 heterocycles. The van der Waals surface area contributed by atoms with Crippen LogP contribution < -0.4 is 5.32 Å². The Kier molecular flexibility index (Phi) is 4.39. The smallest absolute Gasteiger partial charge is 0.347 e. The summed E-state index contributed by atoms with van der Waals surface area (Å²) in [6.45, 7) is 2.00. The van der Waals surface area contributed by atoms with Crippen LogP contribution in [0.15, 0.2) is 24.3 Å². The average molecular weight is 297 g/mol. The number of carboxylic acid groups (broad SMARTS) is 1. The molecule has 0 radical (unpaired) electrons. The van der Waals surface area contributed by atoms with Gasteiger partial charge < -0.3 is 10.4 Å². The Bertz CT molecular complexity index is 598. The molecule has 19 heavy (non-hydrogen) atoms. The number of rotatable bonds is 5. The van der Waals surface area contributed by atoms with E-state index < -0.39 is 5.97 Å². The zero-order valence-corrected chi connectivity index (χ0v) is 11.9. The summed E-state index contributed by atoms with van der Waals surface area (Å²) in [6, 6.07) is 7.22. The number of aromatic nitrogens is 1. The highest BCUT2D eigenvalue weighted by atomic mass is 35.5. The van der Waals surface area contributed by atoms with Crippen molar-refractivity contribution < 1.29 is 9.90 Å². The molecular formula is C13H13ClN2O2S. The second-order valence-electron chi connectivity index (χ2n) is 3.99. The molecule has 100 valence electrons. The van der Waals surface area contributed by atoms with Crippen molar-refractivity contribution in [2.24, 2.45) is 0 Å². The zero-order chi connectivity index (χ0) is 13.8. The summed E-state index contributed by atoms with van der Waals surface area (Å²) in [6.07, 6.45) is 1.52. The van der Waals surface area contributed by atoms with Crippen molar-refractivity contribution in [3.8, 4) is 0 Å². The van der Waals surface area contributed by atoms with Gasteiger partial charge in [0.25, 0.3) is 0 Å². The van der Waals surface area contributed by atoms with Crippen LogP contribution in [0.1, 0.15) is 28.7 Å². The number of anilines is 2. The number of aromatic carboxylic acids is 1. The molecule has 2 aromatic rings. The van der Waals surface area contributed by atoms with Gasteiger partial charge in [0.2, 0.25) is 0 Å². The Morgan fingerprint density at radius 2 is 2.32 bits per heavy atom. The maximum absolute atomic E-state index is 11.1. The highest BCUT2D eigenvalue weighted by Crippen LogP contribution is 2.27. The molecule has 0 saturated heterocycles. The molecule has 1 aromatic heterocycles. The molecule has 0 saturated carbocycles. The summed E-state index contributed by atoms with van der Waals surface area (Å²) in [5, 5.41) is 13.4. The first kappa shape index (κ1) is 13.8. The first-order chi connectivity index (χ1) is 9.10. The standard InChI is InChI=1S/C13H13ClN2O2S/c1-2-4-10-11(12(17)18)19-13(16-10)15-9-6-3-5-8(14)7-9/h3,5-7H,2,4H2,1H3,(H,15,16)(H,17,18). The number of hydrogen-bond acceptors (Lipinski definition) is 4. The van der Waals surface area contributed by atoms with Gasteiger partial charge in [0, 0.05) is 10.7 Å². The second-order valence-corrected chi connectivity index (χ2v) is 5.42. The van der Waals surface area contributed by atoms with E-state index >= 15 is 0 Å². The Balaban J connectivity index is 2.25. The van der Waals surface area contributed by atoms with Gasteiger partial charge in [-0.15, -0.1) is 0 Å². The number of nitrogens with zero attached hydrogens (tertiary/aromatic N) is 1. The summed E-state index contributed by atoms with van der Waals surface area (Å²) in [5.41, 5.74) is 1.42. The molecule has 1 aromatic carbocycles. The van der Waals surface area contributed by atoms with E-state index in [1.54, 1.807) is 12.1 Å². The molecule has 0 amide bonds. The largest absolute Gasteiger partial charge is 0.477 e. The molecule has 2 N–H and O–H groups in total. The van der Waals surface area contributed by atoms with E-state index in [0.29, 0.717) is 27.1 Å². The van der Waals surface area contributed by atoms with Crippen molar-refractivity contribution in [1.29, 1.82) is 0 Å². The normalized spacial score (nSPS) is 10.4. The molecule has 0 atom stereocenters. The van der Waals surface area contributed by atoms with Crippen LogP contribution in [0.4, 0.5) is 10.8 Å². The first-order valence-electron chi connectivity index (χ1n) is 5.85. The monoisotopic (exact) mass is 296 g/mol. The van der Waals surface area contributed by atoms with Gasteiger partial charge in [-0.05, 0) is 24.6 Å². The van der Waals surface area contributed by atoms with Gasteiger partial charge in [0.1, 0.15) is 4.88 Å². The minimum Gasteiger partial charge on any atom is -0.477 e. The minimum absolute atomic E-state index is 0.298. The van der Waals surface area contributed by atoms with Crippen LogP contribution in [0.2, 0.25) is 5.02 Å². The van der Waals surface area contributed by atoms with E-state index in [-0.39, 0.29) is 0 Å². The van der Waals surface area contributed by atoms with Gasteiger partial charge in [-0.25, -0.2) is 9.78 Å². The van der Waals surface area contributed by atoms with E-state index in [1.165, 1.54) is 0 Å². The van der Waals surface area contributed by atoms with E-state index in [9.17, 15) is 4.79 Å². The molecule has 0 spiro atoms. The van der Waals surface area contributed by atoms with Gasteiger partial charge >= 0.3 is 5.97 Å². The lowest BCUT2D eigenvalue weighted by Gasteiger charge is -2.01. The number of hydrogen-bond donors (Lipinski definition) is 2. The quantitative estimate of drug-likeness (QED) is 0.868. The fourth-order valence-corrected chi connectivity index (χ4v) is 2.73. The second kappa shape index (κ2) is 6.04. The Morgan fingerprint density at radius 3 is 2.95 bits per heavy atom. The van der Waals surface area contributed by atoms with Crippen molar-refractivity contribution >= 4 is 39.7 Å². The van der Waals surface area contributed by atoms with Crippen molar-refractivity contribution in [1.82, 2.24) is 4.98 Å². The van der Waals surface area contributed by atoms with Crippen LogP contribution in [0.25, 0.3) is 0 Å². The topological polar surface area (TPSA) is 62.2 Å². The lowest BCUT2D eigenvalue weighted by Crippen LogP contribution is -1.98. The fraction of sp³-hybridized carbons (Fsp3) is 0.231. The lowest BCUT2D eigenvalue weighted by atomic mass is 10.2. The third-order valence-electron chi connectivity index (χ3n) is 2.45. The van der Waals surface area contributed by atoms with Crippen LogP contribution in [-0.2, 0) is 6.42 Å². The van der Waals surface area contributed by atoms with Crippen LogP contribution in [0.5, 0.6) is 0 Å². The Labute approximate surface area is 120 Å². The highest BCUT2D eigenvalue weighted by Gasteiger charge is 2.16. The van der Waals surface area contributed by atoms with Gasteiger partial charge in [-0.2, -0.15) is 0 Å². The summed E-state index contributed by atoms with van der Waals surface area (Å²) in [7, 11) is 0. The van der Waals surface area contributed by atoms with Gasteiger partial charge in [0.05, 0.1) is 5.69 Å². The maximum atomic E-state index is 11.1. The van der Waals surface area contributed by atoms with E-state index in [4.69, 9.17) is 16.7 Å². The van der Waals surface area contributed by atoms with E-state index in [2.05, 4.69) is 10.3 Å². The average Bonchev–Trinajstić information content (AvgIpc) is 2.73. The number of carboxylic acids is 1. The van der Waals surface area contributed by atoms with Crippen LogP contribution in [-0.4, -0.2) is 16.1 Å². The highest BCUT2D eigenvalue weighted by molar-refractivity contribution is 7.17. The molecule has 6 heteroatoms. The van der Waals surface area contributed by atoms with Crippen LogP contribution in [0, 0.1) is 0 Å². The predicted molar refractivity (Wildman–Crippen MR) is 77.8 cm³/mol. The van der Waals surface area contributed by atoms with E-state index in [0.717, 1.165) is 23.4 Å². The van der Waals surface area contributed by atoms with Crippen LogP contribution >= 0.6 is 22.9 Å². The van der Waals surface area contributed by atoms with Crippen molar-refractivity contribution in [2.75, 3.05) is 5.32 Å². The fourth-order valence-electron chi connectivity index (χ4n) is 1.67. The third-order valence-corrected chi connectivity index (χ3v) is 3.69. The number of benzene rings is 1. The molecule has 0 aliphatic carbocycles. The Morgan fingerprint density at radius 1 is 1.53 bits per heavy atom. The molecule has 0 fully saturated rings. The summed E-state index contributed by atoms with van der Waals surface area (Å²) in [4.78, 5) is 15.8. The molecule has 0 aliphatic heterocycles. The van der Waals surface area contributed by atoms with E-state index in [1.807, 2.05) is 19.1 Å². The van der Waals surface area contributed by atoms with Crippen molar-refractivity contribution in [3.63, 3.8) is 0 Å². The predicted octanol–water partition coefficient (Wildman–Crippen LogP) is 4.19. The van der Waals surface area contributed by atoms with Crippen LogP contribution in [0.3, 0.4) is 0 Å². The van der Waals surface area contributed by atoms with Crippen molar-refractivity contribution in [3.05, 3.63) is 39.9 Å². The molecule has 2 rings (SSSR count). The lowest BCUT2D eigenvalue weighted by molar-refractivity contribution is 0.0700. The summed E-state index contributed by atoms with van der Waals surface area (Å²) >= 11 is 7.04. The first-order valence-corrected chi connectivity index (χ1v) is 7.05. The summed E-state index contributed by atoms with van der Waals surface area (Å²) in [5.74, 6) is -0.930. The molecular weight excluding hydrogens is 284 g/mol. The number of thiazole rings is 1. The molecule has 0 aliphatic rings. The van der Waals surface area contributed by atoms with Gasteiger partial charge in [-0.3, -0.25) is 0 Å². The maximum Gasteiger partial charge on any atom is 0.347 e. The molecule has 0 unspecified atom stereocenters. The molecule has 4 nitrogen and oxygen atoms in total. The van der Waals surface area contributed by atoms with Gasteiger partial charge in [0.15, 0.2) is 5.13 Å². The summed E-state index contributed by atoms with van der Waals surface area (Å²) < 4.78 is 0. The number of aryl methyl sites for hydroxylation is 1. The third kappa shape index (κ3) is 3.45. The van der Waals surface area contributed by atoms with Gasteiger partial charge in [-0.1, -0.05) is 42.3 Å².